The molecule has 1 heterocycles. The number of benzene rings is 2. The molecule has 0 amide bonds. The molecule has 7 nitrogen and oxygen atoms in total. The van der Waals surface area contributed by atoms with Gasteiger partial charge in [-0.25, -0.2) is 26.7 Å². The van der Waals surface area contributed by atoms with Crippen molar-refractivity contribution in [3.8, 4) is 0 Å². The molecule has 0 aliphatic rings. The normalized spacial score (nSPS) is 12.4. The number of nitrogens with one attached hydrogen (secondary N) is 1. The van der Waals surface area contributed by atoms with E-state index in [0.29, 0.717) is 11.1 Å². The minimum atomic E-state index is -3.78. The Morgan fingerprint density at radius 1 is 0.920 bits per heavy atom. The summed E-state index contributed by atoms with van der Waals surface area (Å²) in [6.45, 7) is 0.0104. The molecule has 25 heavy (non-hydrogen) atoms. The Kier molecular flexibility index (Phi) is 4.56. The molecule has 0 atom stereocenters. The van der Waals surface area contributed by atoms with Crippen molar-refractivity contribution in [3.63, 3.8) is 0 Å². The number of rotatable bonds is 5. The average Bonchev–Trinajstić information content (AvgIpc) is 2.59. The van der Waals surface area contributed by atoms with Gasteiger partial charge in [-0.1, -0.05) is 30.3 Å². The van der Waals surface area contributed by atoms with Crippen molar-refractivity contribution >= 4 is 30.9 Å². The first kappa shape index (κ1) is 17.5. The van der Waals surface area contributed by atoms with E-state index in [9.17, 15) is 16.8 Å². The van der Waals surface area contributed by atoms with E-state index in [1.165, 1.54) is 36.5 Å². The van der Waals surface area contributed by atoms with Crippen LogP contribution in [0.2, 0.25) is 0 Å². The fraction of sp³-hybridized carbons (Fsp3) is 0.0625. The van der Waals surface area contributed by atoms with Crippen molar-refractivity contribution in [1.29, 1.82) is 0 Å². The maximum atomic E-state index is 12.6. The minimum Gasteiger partial charge on any atom is -0.255 e. The summed E-state index contributed by atoms with van der Waals surface area (Å²) in [6.07, 6.45) is 1.54. The highest BCUT2D eigenvalue weighted by molar-refractivity contribution is 7.89. The smallest absolute Gasteiger partial charge is 0.243 e. The van der Waals surface area contributed by atoms with Gasteiger partial charge in [-0.2, -0.15) is 0 Å². The topological polar surface area (TPSA) is 119 Å². The molecule has 0 unspecified atom stereocenters. The first-order valence-corrected chi connectivity index (χ1v) is 10.3. The molecule has 0 aliphatic carbocycles. The van der Waals surface area contributed by atoms with Crippen LogP contribution in [-0.4, -0.2) is 21.8 Å². The van der Waals surface area contributed by atoms with Crippen molar-refractivity contribution in [2.75, 3.05) is 0 Å². The molecular formula is C16H15N3O4S2. The minimum absolute atomic E-state index is 0.0104. The van der Waals surface area contributed by atoms with Gasteiger partial charge in [-0.05, 0) is 29.8 Å². The van der Waals surface area contributed by atoms with E-state index in [0.717, 1.165) is 5.39 Å². The van der Waals surface area contributed by atoms with Gasteiger partial charge in [0.15, 0.2) is 0 Å². The third-order valence-electron chi connectivity index (χ3n) is 3.60. The molecule has 0 radical (unpaired) electrons. The van der Waals surface area contributed by atoms with E-state index in [4.69, 9.17) is 5.14 Å². The number of nitrogens with two attached hydrogens (primary N) is 1. The summed E-state index contributed by atoms with van der Waals surface area (Å²) < 4.78 is 50.1. The highest BCUT2D eigenvalue weighted by atomic mass is 32.2. The molecule has 0 bridgehead atoms. The maximum absolute atomic E-state index is 12.6. The summed E-state index contributed by atoms with van der Waals surface area (Å²) in [5.74, 6) is 0. The Morgan fingerprint density at radius 2 is 1.60 bits per heavy atom. The van der Waals surface area contributed by atoms with E-state index in [1.54, 1.807) is 24.3 Å². The second-order valence-corrected chi connectivity index (χ2v) is 8.64. The molecule has 0 aliphatic heterocycles. The SMILES string of the molecule is NS(=O)(=O)c1ccc(CNS(=O)(=O)c2cccc3cccnc23)cc1. The van der Waals surface area contributed by atoms with Gasteiger partial charge < -0.3 is 0 Å². The van der Waals surface area contributed by atoms with E-state index < -0.39 is 20.0 Å². The lowest BCUT2D eigenvalue weighted by atomic mass is 10.2. The lowest BCUT2D eigenvalue weighted by Gasteiger charge is -2.09. The molecule has 1 aromatic heterocycles. The van der Waals surface area contributed by atoms with Gasteiger partial charge in [0.25, 0.3) is 0 Å². The maximum Gasteiger partial charge on any atom is 0.243 e. The van der Waals surface area contributed by atoms with Crippen molar-refractivity contribution in [1.82, 2.24) is 9.71 Å². The fourth-order valence-corrected chi connectivity index (χ4v) is 4.06. The highest BCUT2D eigenvalue weighted by Crippen LogP contribution is 2.20. The number of aromatic nitrogens is 1. The fourth-order valence-electron chi connectivity index (χ4n) is 2.35. The van der Waals surface area contributed by atoms with Crippen molar-refractivity contribution < 1.29 is 16.8 Å². The van der Waals surface area contributed by atoms with Crippen LogP contribution < -0.4 is 9.86 Å². The Hall–Kier alpha value is -2.33. The predicted molar refractivity (Wildman–Crippen MR) is 93.6 cm³/mol. The summed E-state index contributed by atoms with van der Waals surface area (Å²) in [6, 6.07) is 14.1. The summed E-state index contributed by atoms with van der Waals surface area (Å²) in [5, 5.41) is 5.76. The summed E-state index contributed by atoms with van der Waals surface area (Å²) in [4.78, 5) is 4.20. The second-order valence-electron chi connectivity index (χ2n) is 5.34. The first-order valence-electron chi connectivity index (χ1n) is 7.22. The van der Waals surface area contributed by atoms with Gasteiger partial charge in [0.2, 0.25) is 20.0 Å². The van der Waals surface area contributed by atoms with Crippen LogP contribution >= 0.6 is 0 Å². The number of primary sulfonamides is 1. The first-order chi connectivity index (χ1) is 11.8. The molecule has 130 valence electrons. The highest BCUT2D eigenvalue weighted by Gasteiger charge is 2.18. The van der Waals surface area contributed by atoms with E-state index >= 15 is 0 Å². The van der Waals surface area contributed by atoms with E-state index in [2.05, 4.69) is 9.71 Å². The quantitative estimate of drug-likeness (QED) is 0.696. The summed E-state index contributed by atoms with van der Waals surface area (Å²) in [5.41, 5.74) is 0.992. The Bertz CT molecular complexity index is 1120. The van der Waals surface area contributed by atoms with E-state index in [-0.39, 0.29) is 16.3 Å². The zero-order chi connectivity index (χ0) is 18.1. The lowest BCUT2D eigenvalue weighted by molar-refractivity contribution is 0.581. The second kappa shape index (κ2) is 6.52. The van der Waals surface area contributed by atoms with Gasteiger partial charge >= 0.3 is 0 Å². The van der Waals surface area contributed by atoms with E-state index in [1.807, 2.05) is 0 Å². The van der Waals surface area contributed by atoms with Crippen LogP contribution in [0.5, 0.6) is 0 Å². The third kappa shape index (κ3) is 3.85. The number of sulfonamides is 2. The van der Waals surface area contributed by atoms with Gasteiger partial charge in [0.1, 0.15) is 4.90 Å². The number of hydrogen-bond donors (Lipinski definition) is 2. The molecule has 9 heteroatoms. The molecular weight excluding hydrogens is 362 g/mol. The van der Waals surface area contributed by atoms with Crippen LogP contribution in [0.25, 0.3) is 10.9 Å². The molecule has 3 aromatic rings. The summed E-state index contributed by atoms with van der Waals surface area (Å²) in [7, 11) is -7.56. The monoisotopic (exact) mass is 377 g/mol. The van der Waals surface area contributed by atoms with Crippen molar-refractivity contribution in [2.24, 2.45) is 5.14 Å². The molecule has 3 rings (SSSR count). The van der Waals surface area contributed by atoms with Crippen LogP contribution in [0.3, 0.4) is 0 Å². The lowest BCUT2D eigenvalue weighted by Crippen LogP contribution is -2.23. The number of fused-ring (bicyclic) bond motifs is 1. The predicted octanol–water partition coefficient (Wildman–Crippen LogP) is 1.36. The number of hydrogen-bond acceptors (Lipinski definition) is 5. The number of nitrogens with zero attached hydrogens (tertiary/aromatic N) is 1. The van der Waals surface area contributed by atoms with Crippen molar-refractivity contribution in [3.05, 3.63) is 66.4 Å². The molecule has 0 spiro atoms. The number of pyridine rings is 1. The molecule has 0 saturated carbocycles. The van der Waals surface area contributed by atoms with Crippen molar-refractivity contribution in [2.45, 2.75) is 16.3 Å². The molecule has 2 aromatic carbocycles. The van der Waals surface area contributed by atoms with Crippen LogP contribution in [-0.2, 0) is 26.6 Å². The third-order valence-corrected chi connectivity index (χ3v) is 5.97. The van der Waals surface area contributed by atoms with Gasteiger partial charge in [0, 0.05) is 18.1 Å². The van der Waals surface area contributed by atoms with Crippen LogP contribution in [0.15, 0.2) is 70.6 Å². The van der Waals surface area contributed by atoms with Gasteiger partial charge in [0.05, 0.1) is 10.4 Å². The molecule has 0 saturated heterocycles. The zero-order valence-corrected chi connectivity index (χ0v) is 14.6. The molecule has 0 fully saturated rings. The molecule has 3 N–H and O–H groups in total. The van der Waals surface area contributed by atoms with Crippen LogP contribution in [0.4, 0.5) is 0 Å². The Morgan fingerprint density at radius 3 is 2.28 bits per heavy atom. The van der Waals surface area contributed by atoms with Gasteiger partial charge in [-0.3, -0.25) is 4.98 Å². The largest absolute Gasteiger partial charge is 0.255 e. The van der Waals surface area contributed by atoms with Crippen LogP contribution in [0.1, 0.15) is 5.56 Å². The summed E-state index contributed by atoms with van der Waals surface area (Å²) >= 11 is 0. The average molecular weight is 377 g/mol. The zero-order valence-electron chi connectivity index (χ0n) is 13.0. The number of para-hydroxylation sites is 1. The standard InChI is InChI=1S/C16H15N3O4S2/c17-24(20,21)14-8-6-12(7-9-14)11-19-25(22,23)15-5-1-3-13-4-2-10-18-16(13)15/h1-10,19H,11H2,(H2,17,20,21). The Labute approximate surface area is 145 Å². The Balaban J connectivity index is 1.84. The van der Waals surface area contributed by atoms with Crippen LogP contribution in [0, 0.1) is 0 Å². The van der Waals surface area contributed by atoms with Gasteiger partial charge in [-0.15, -0.1) is 0 Å².